The Labute approximate surface area is 142 Å². The lowest BCUT2D eigenvalue weighted by Crippen LogP contribution is -2.50. The predicted octanol–water partition coefficient (Wildman–Crippen LogP) is 4.40. The fraction of sp³-hybridized carbons (Fsp3) is 0.650. The molecular formula is C20H34N2O. The first-order chi connectivity index (χ1) is 11.1. The molecule has 0 spiro atoms. The number of nitrogens with one attached hydrogen (secondary N) is 1. The molecule has 0 aliphatic carbocycles. The van der Waals surface area contributed by atoms with Gasteiger partial charge in [-0.05, 0) is 45.4 Å². The van der Waals surface area contributed by atoms with Gasteiger partial charge in [0.15, 0.2) is 0 Å². The van der Waals surface area contributed by atoms with Gasteiger partial charge in [-0.2, -0.15) is 0 Å². The van der Waals surface area contributed by atoms with Crippen LogP contribution >= 0.6 is 0 Å². The van der Waals surface area contributed by atoms with Crippen LogP contribution in [0.4, 0.5) is 0 Å². The maximum Gasteiger partial charge on any atom is 0.254 e. The number of hydrogen-bond donors (Lipinski definition) is 1. The van der Waals surface area contributed by atoms with Crippen molar-refractivity contribution in [2.75, 3.05) is 13.6 Å². The Morgan fingerprint density at radius 2 is 1.61 bits per heavy atom. The third-order valence-electron chi connectivity index (χ3n) is 4.47. The Morgan fingerprint density at radius 1 is 1.04 bits per heavy atom. The van der Waals surface area contributed by atoms with Gasteiger partial charge in [-0.3, -0.25) is 4.79 Å². The molecule has 1 N–H and O–H groups in total. The summed E-state index contributed by atoms with van der Waals surface area (Å²) in [5.74, 6) is 0.180. The number of carbonyl (C=O) groups is 1. The van der Waals surface area contributed by atoms with E-state index in [1.165, 1.54) is 5.56 Å². The Hall–Kier alpha value is -1.35. The minimum atomic E-state index is 0.180. The van der Waals surface area contributed by atoms with Gasteiger partial charge in [-0.1, -0.05) is 51.3 Å². The monoisotopic (exact) mass is 318 g/mol. The van der Waals surface area contributed by atoms with E-state index in [4.69, 9.17) is 0 Å². The standard InChI is InChI=1S/C20H34N2O/c1-6-9-19(10-7-2)22(18(8-3)15-21-5)20(23)17-13-11-16(4)12-14-17/h11-14,18-19,21H,6-10,15H2,1-5H3/t18-/m1/s1. The molecule has 3 heteroatoms. The fourth-order valence-corrected chi connectivity index (χ4v) is 3.24. The topological polar surface area (TPSA) is 32.3 Å². The lowest BCUT2D eigenvalue weighted by molar-refractivity contribution is 0.0534. The summed E-state index contributed by atoms with van der Waals surface area (Å²) in [6.45, 7) is 9.48. The molecule has 1 atom stereocenters. The zero-order chi connectivity index (χ0) is 17.2. The highest BCUT2D eigenvalue weighted by Crippen LogP contribution is 2.21. The van der Waals surface area contributed by atoms with Crippen molar-refractivity contribution in [1.82, 2.24) is 10.2 Å². The van der Waals surface area contributed by atoms with E-state index in [9.17, 15) is 4.79 Å². The van der Waals surface area contributed by atoms with Gasteiger partial charge in [0.25, 0.3) is 5.91 Å². The van der Waals surface area contributed by atoms with Crippen LogP contribution in [0.15, 0.2) is 24.3 Å². The normalized spacial score (nSPS) is 12.4. The molecule has 0 bridgehead atoms. The molecule has 0 radical (unpaired) electrons. The van der Waals surface area contributed by atoms with Crippen LogP contribution in [0.25, 0.3) is 0 Å². The second kappa shape index (κ2) is 10.4. The molecule has 23 heavy (non-hydrogen) atoms. The Balaban J connectivity index is 3.13. The number of likely N-dealkylation sites (N-methyl/N-ethyl adjacent to an activating group) is 1. The maximum atomic E-state index is 13.2. The van der Waals surface area contributed by atoms with E-state index in [1.807, 2.05) is 31.3 Å². The quantitative estimate of drug-likeness (QED) is 0.693. The molecule has 1 aromatic rings. The van der Waals surface area contributed by atoms with Gasteiger partial charge in [-0.25, -0.2) is 0 Å². The zero-order valence-electron chi connectivity index (χ0n) is 15.6. The summed E-state index contributed by atoms with van der Waals surface area (Å²) in [5.41, 5.74) is 2.00. The van der Waals surface area contributed by atoms with Crippen molar-refractivity contribution in [1.29, 1.82) is 0 Å². The fourth-order valence-electron chi connectivity index (χ4n) is 3.24. The summed E-state index contributed by atoms with van der Waals surface area (Å²) in [4.78, 5) is 15.4. The molecule has 0 aromatic heterocycles. The van der Waals surface area contributed by atoms with E-state index in [2.05, 4.69) is 37.9 Å². The highest BCUT2D eigenvalue weighted by Gasteiger charge is 2.29. The van der Waals surface area contributed by atoms with E-state index in [0.717, 1.165) is 44.2 Å². The van der Waals surface area contributed by atoms with Crippen LogP contribution in [0, 0.1) is 6.92 Å². The molecule has 3 nitrogen and oxygen atoms in total. The third-order valence-corrected chi connectivity index (χ3v) is 4.47. The number of amides is 1. The van der Waals surface area contributed by atoms with Gasteiger partial charge >= 0.3 is 0 Å². The van der Waals surface area contributed by atoms with Crippen LogP contribution < -0.4 is 5.32 Å². The lowest BCUT2D eigenvalue weighted by Gasteiger charge is -2.38. The molecule has 0 saturated heterocycles. The van der Waals surface area contributed by atoms with E-state index >= 15 is 0 Å². The molecule has 0 heterocycles. The van der Waals surface area contributed by atoms with Gasteiger partial charge in [0.2, 0.25) is 0 Å². The summed E-state index contributed by atoms with van der Waals surface area (Å²) >= 11 is 0. The largest absolute Gasteiger partial charge is 0.331 e. The van der Waals surface area contributed by atoms with Crippen LogP contribution in [0.5, 0.6) is 0 Å². The van der Waals surface area contributed by atoms with Crippen molar-refractivity contribution in [2.24, 2.45) is 0 Å². The van der Waals surface area contributed by atoms with Crippen molar-refractivity contribution < 1.29 is 4.79 Å². The smallest absolute Gasteiger partial charge is 0.254 e. The molecule has 1 amide bonds. The van der Waals surface area contributed by atoms with Gasteiger partial charge in [0, 0.05) is 24.2 Å². The number of hydrogen-bond acceptors (Lipinski definition) is 2. The van der Waals surface area contributed by atoms with Crippen LogP contribution in [0.2, 0.25) is 0 Å². The first-order valence-electron chi connectivity index (χ1n) is 9.12. The molecule has 0 fully saturated rings. The summed E-state index contributed by atoms with van der Waals surface area (Å²) in [7, 11) is 1.96. The molecule has 130 valence electrons. The van der Waals surface area contributed by atoms with Crippen LogP contribution in [-0.2, 0) is 0 Å². The molecule has 1 rings (SSSR count). The number of carbonyl (C=O) groups excluding carboxylic acids is 1. The lowest BCUT2D eigenvalue weighted by atomic mass is 9.99. The first-order valence-corrected chi connectivity index (χ1v) is 9.12. The van der Waals surface area contributed by atoms with Gasteiger partial charge < -0.3 is 10.2 Å². The van der Waals surface area contributed by atoms with E-state index in [1.54, 1.807) is 0 Å². The number of benzene rings is 1. The van der Waals surface area contributed by atoms with Crippen LogP contribution in [0.1, 0.15) is 68.8 Å². The van der Waals surface area contributed by atoms with E-state index in [0.29, 0.717) is 6.04 Å². The van der Waals surface area contributed by atoms with Crippen molar-refractivity contribution in [3.05, 3.63) is 35.4 Å². The van der Waals surface area contributed by atoms with Crippen molar-refractivity contribution in [2.45, 2.75) is 71.9 Å². The first kappa shape index (κ1) is 19.7. The van der Waals surface area contributed by atoms with E-state index in [-0.39, 0.29) is 11.9 Å². The molecule has 0 saturated carbocycles. The van der Waals surface area contributed by atoms with Crippen molar-refractivity contribution >= 4 is 5.91 Å². The van der Waals surface area contributed by atoms with Gasteiger partial charge in [0.1, 0.15) is 0 Å². The van der Waals surface area contributed by atoms with Crippen LogP contribution in [0.3, 0.4) is 0 Å². The highest BCUT2D eigenvalue weighted by molar-refractivity contribution is 5.94. The maximum absolute atomic E-state index is 13.2. The minimum Gasteiger partial charge on any atom is -0.331 e. The summed E-state index contributed by atoms with van der Waals surface area (Å²) < 4.78 is 0. The molecule has 1 aromatic carbocycles. The predicted molar refractivity (Wildman–Crippen MR) is 99.0 cm³/mol. The molecule has 0 aliphatic rings. The molecular weight excluding hydrogens is 284 g/mol. The summed E-state index contributed by atoms with van der Waals surface area (Å²) in [6, 6.07) is 8.56. The van der Waals surface area contributed by atoms with Crippen LogP contribution in [-0.4, -0.2) is 36.5 Å². The Kier molecular flexibility index (Phi) is 8.93. The SMILES string of the molecule is CCCC(CCC)N(C(=O)c1ccc(C)cc1)[C@H](CC)CNC. The number of rotatable bonds is 10. The average molecular weight is 319 g/mol. The number of nitrogens with zero attached hydrogens (tertiary/aromatic N) is 1. The second-order valence-corrected chi connectivity index (χ2v) is 6.43. The summed E-state index contributed by atoms with van der Waals surface area (Å²) in [6.07, 6.45) is 5.34. The third kappa shape index (κ3) is 5.65. The van der Waals surface area contributed by atoms with Crippen molar-refractivity contribution in [3.8, 4) is 0 Å². The molecule has 0 unspecified atom stereocenters. The minimum absolute atomic E-state index is 0.180. The second-order valence-electron chi connectivity index (χ2n) is 6.43. The van der Waals surface area contributed by atoms with Crippen molar-refractivity contribution in [3.63, 3.8) is 0 Å². The average Bonchev–Trinajstić information content (AvgIpc) is 2.55. The summed E-state index contributed by atoms with van der Waals surface area (Å²) in [5, 5.41) is 3.26. The zero-order valence-corrected chi connectivity index (χ0v) is 15.6. The van der Waals surface area contributed by atoms with Gasteiger partial charge in [-0.15, -0.1) is 0 Å². The van der Waals surface area contributed by atoms with Gasteiger partial charge in [0.05, 0.1) is 0 Å². The Morgan fingerprint density at radius 3 is 2.04 bits per heavy atom. The molecule has 0 aliphatic heterocycles. The number of aryl methyl sites for hydroxylation is 1. The van der Waals surface area contributed by atoms with E-state index < -0.39 is 0 Å². The Bertz CT molecular complexity index is 449. The highest BCUT2D eigenvalue weighted by atomic mass is 16.2.